The zero-order valence-electron chi connectivity index (χ0n) is 19.8. The lowest BCUT2D eigenvalue weighted by atomic mass is 9.86. The molecule has 1 atom stereocenters. The van der Waals surface area contributed by atoms with E-state index < -0.39 is 5.54 Å². The Kier molecular flexibility index (Phi) is 8.54. The maximum atomic E-state index is 14.3. The van der Waals surface area contributed by atoms with Crippen LogP contribution in [0.1, 0.15) is 17.3 Å². The van der Waals surface area contributed by atoms with Crippen molar-refractivity contribution >= 4 is 29.3 Å². The Hall–Kier alpha value is -1.35. The molecule has 2 aromatic rings. The van der Waals surface area contributed by atoms with E-state index in [-0.39, 0.29) is 5.78 Å². The number of ketones is 1. The number of hydrogen-bond donors (Lipinski definition) is 0. The Morgan fingerprint density at radius 2 is 1.55 bits per heavy atom. The molecular formula is C26H34N2O3S2. The normalized spacial score (nSPS) is 19.8. The summed E-state index contributed by atoms with van der Waals surface area (Å²) in [5.41, 5.74) is 2.47. The highest BCUT2D eigenvalue weighted by Gasteiger charge is 2.43. The average Bonchev–Trinajstić information content (AvgIpc) is 2.88. The molecule has 0 bridgehead atoms. The number of thioether (sulfide) groups is 2. The Bertz CT molecular complexity index is 941. The molecule has 0 saturated carbocycles. The number of morpholine rings is 2. The number of hydrogen-bond acceptors (Lipinski definition) is 7. The van der Waals surface area contributed by atoms with Gasteiger partial charge < -0.3 is 9.47 Å². The molecule has 2 aromatic carbocycles. The second-order valence-electron chi connectivity index (χ2n) is 8.71. The van der Waals surface area contributed by atoms with E-state index in [4.69, 9.17) is 9.47 Å². The average molecular weight is 487 g/mol. The van der Waals surface area contributed by atoms with Crippen LogP contribution in [0, 0.1) is 0 Å². The summed E-state index contributed by atoms with van der Waals surface area (Å²) in [6, 6.07) is 14.8. The largest absolute Gasteiger partial charge is 0.379 e. The molecule has 5 nitrogen and oxygen atoms in total. The third kappa shape index (κ3) is 5.50. The van der Waals surface area contributed by atoms with E-state index >= 15 is 0 Å². The van der Waals surface area contributed by atoms with E-state index in [1.165, 1.54) is 4.90 Å². The molecule has 0 radical (unpaired) electrons. The summed E-state index contributed by atoms with van der Waals surface area (Å²) >= 11 is 3.40. The Morgan fingerprint density at radius 1 is 0.909 bits per heavy atom. The Morgan fingerprint density at radius 3 is 2.15 bits per heavy atom. The summed E-state index contributed by atoms with van der Waals surface area (Å²) in [7, 11) is 0. The van der Waals surface area contributed by atoms with Crippen LogP contribution >= 0.6 is 23.5 Å². The van der Waals surface area contributed by atoms with Crippen molar-refractivity contribution in [2.24, 2.45) is 0 Å². The van der Waals surface area contributed by atoms with Crippen LogP contribution in [0.15, 0.2) is 52.3 Å². The summed E-state index contributed by atoms with van der Waals surface area (Å²) in [5.74, 6) is 0.197. The van der Waals surface area contributed by atoms with Gasteiger partial charge in [-0.25, -0.2) is 0 Å². The van der Waals surface area contributed by atoms with Crippen molar-refractivity contribution in [2.45, 2.75) is 22.3 Å². The summed E-state index contributed by atoms with van der Waals surface area (Å²) in [6.45, 7) is 8.90. The lowest BCUT2D eigenvalue weighted by Gasteiger charge is -2.45. The van der Waals surface area contributed by atoms with Crippen molar-refractivity contribution in [3.63, 3.8) is 0 Å². The number of rotatable bonds is 8. The number of ether oxygens (including phenoxy) is 2. The first-order valence-corrected chi connectivity index (χ1v) is 14.0. The van der Waals surface area contributed by atoms with E-state index in [0.717, 1.165) is 61.0 Å². The van der Waals surface area contributed by atoms with Gasteiger partial charge >= 0.3 is 0 Å². The first kappa shape index (κ1) is 24.8. The second kappa shape index (κ2) is 11.4. The van der Waals surface area contributed by atoms with E-state index in [2.05, 4.69) is 59.6 Å². The highest BCUT2D eigenvalue weighted by Crippen LogP contribution is 2.37. The molecule has 2 heterocycles. The molecule has 7 heteroatoms. The smallest absolute Gasteiger partial charge is 0.185 e. The summed E-state index contributed by atoms with van der Waals surface area (Å²) < 4.78 is 11.2. The van der Waals surface area contributed by atoms with Crippen molar-refractivity contribution in [3.8, 4) is 11.1 Å². The molecule has 0 aliphatic carbocycles. The molecule has 2 aliphatic heterocycles. The molecule has 2 saturated heterocycles. The van der Waals surface area contributed by atoms with Gasteiger partial charge in [-0.15, -0.1) is 23.5 Å². The summed E-state index contributed by atoms with van der Waals surface area (Å²) in [5, 5.41) is 0. The monoisotopic (exact) mass is 486 g/mol. The first-order valence-electron chi connectivity index (χ1n) is 11.6. The van der Waals surface area contributed by atoms with Gasteiger partial charge in [0.15, 0.2) is 5.78 Å². The third-order valence-electron chi connectivity index (χ3n) is 6.70. The second-order valence-corrected chi connectivity index (χ2v) is 10.4. The molecule has 1 unspecified atom stereocenters. The number of carbonyl (C=O) groups is 1. The van der Waals surface area contributed by atoms with Crippen LogP contribution in [-0.4, -0.2) is 92.8 Å². The number of carbonyl (C=O) groups excluding carboxylic acids is 1. The van der Waals surface area contributed by atoms with Gasteiger partial charge in [0.25, 0.3) is 0 Å². The third-order valence-corrected chi connectivity index (χ3v) is 8.29. The topological polar surface area (TPSA) is 42.0 Å². The first-order chi connectivity index (χ1) is 16.1. The van der Waals surface area contributed by atoms with Gasteiger partial charge in [0.05, 0.1) is 32.0 Å². The molecule has 0 N–H and O–H groups in total. The van der Waals surface area contributed by atoms with Crippen molar-refractivity contribution in [1.29, 1.82) is 0 Å². The molecule has 178 valence electrons. The van der Waals surface area contributed by atoms with Crippen LogP contribution in [0.3, 0.4) is 0 Å². The van der Waals surface area contributed by atoms with Gasteiger partial charge in [0.2, 0.25) is 0 Å². The molecule has 2 aliphatic rings. The highest BCUT2D eigenvalue weighted by atomic mass is 32.2. The molecule has 0 amide bonds. The van der Waals surface area contributed by atoms with Gasteiger partial charge in [-0.1, -0.05) is 30.3 Å². The zero-order valence-corrected chi connectivity index (χ0v) is 21.5. The van der Waals surface area contributed by atoms with Gasteiger partial charge in [0, 0.05) is 48.1 Å². The number of benzene rings is 2. The minimum absolute atomic E-state index is 0.197. The lowest BCUT2D eigenvalue weighted by molar-refractivity contribution is -0.0333. The van der Waals surface area contributed by atoms with E-state index in [0.29, 0.717) is 19.8 Å². The van der Waals surface area contributed by atoms with Gasteiger partial charge in [-0.3, -0.25) is 14.6 Å². The predicted octanol–water partition coefficient (Wildman–Crippen LogP) is 4.40. The zero-order chi connectivity index (χ0) is 23.3. The maximum absolute atomic E-state index is 14.3. The molecule has 0 spiro atoms. The number of nitrogens with zero attached hydrogens (tertiary/aromatic N) is 2. The van der Waals surface area contributed by atoms with Crippen LogP contribution in [0.5, 0.6) is 0 Å². The fraction of sp³-hybridized carbons (Fsp3) is 0.500. The summed E-state index contributed by atoms with van der Waals surface area (Å²) in [4.78, 5) is 21.3. The van der Waals surface area contributed by atoms with Crippen molar-refractivity contribution < 1.29 is 14.3 Å². The van der Waals surface area contributed by atoms with Crippen molar-refractivity contribution in [2.75, 3.05) is 71.7 Å². The fourth-order valence-electron chi connectivity index (χ4n) is 4.79. The van der Waals surface area contributed by atoms with Gasteiger partial charge in [-0.05, 0) is 42.7 Å². The van der Waals surface area contributed by atoms with Crippen molar-refractivity contribution in [3.05, 3.63) is 48.0 Å². The summed E-state index contributed by atoms with van der Waals surface area (Å²) in [6.07, 6.45) is 4.16. The van der Waals surface area contributed by atoms with Crippen molar-refractivity contribution in [1.82, 2.24) is 9.80 Å². The number of Topliss-reactive ketones (excluding diaryl/α,β-unsaturated/α-hetero) is 1. The van der Waals surface area contributed by atoms with Gasteiger partial charge in [-0.2, -0.15) is 0 Å². The predicted molar refractivity (Wildman–Crippen MR) is 138 cm³/mol. The molecule has 0 aromatic heterocycles. The van der Waals surface area contributed by atoms with Crippen LogP contribution in [0.4, 0.5) is 0 Å². The Labute approximate surface area is 206 Å². The van der Waals surface area contributed by atoms with Crippen LogP contribution in [0.2, 0.25) is 0 Å². The van der Waals surface area contributed by atoms with Crippen LogP contribution < -0.4 is 0 Å². The lowest BCUT2D eigenvalue weighted by Crippen LogP contribution is -2.62. The Balaban J connectivity index is 1.71. The standard InChI is InChI=1S/C26H34N2O3S2/c1-26(28-13-17-31-18-14-28,19-27-11-15-30-16-12-27)25(29)23-6-4-5-22(24(23)33-3)20-7-9-21(32-2)10-8-20/h4-10H,11-19H2,1-3H3. The minimum atomic E-state index is -0.618. The maximum Gasteiger partial charge on any atom is 0.185 e. The molecule has 33 heavy (non-hydrogen) atoms. The van der Waals surface area contributed by atoms with Gasteiger partial charge in [0.1, 0.15) is 0 Å². The SMILES string of the molecule is CSc1ccc(-c2cccc(C(=O)C(C)(CN3CCOCC3)N3CCOCC3)c2SC)cc1. The quantitative estimate of drug-likeness (QED) is 0.405. The highest BCUT2D eigenvalue weighted by molar-refractivity contribution is 7.99. The fourth-order valence-corrected chi connectivity index (χ4v) is 5.99. The molecule has 4 rings (SSSR count). The van der Waals surface area contributed by atoms with Crippen LogP contribution in [-0.2, 0) is 9.47 Å². The van der Waals surface area contributed by atoms with E-state index in [9.17, 15) is 4.79 Å². The molecule has 2 fully saturated rings. The van der Waals surface area contributed by atoms with Crippen LogP contribution in [0.25, 0.3) is 11.1 Å². The van der Waals surface area contributed by atoms with E-state index in [1.807, 2.05) is 12.1 Å². The minimum Gasteiger partial charge on any atom is -0.379 e. The van der Waals surface area contributed by atoms with E-state index in [1.54, 1.807) is 23.5 Å². The molecular weight excluding hydrogens is 452 g/mol.